The maximum absolute atomic E-state index is 13.0. The molecule has 0 spiro atoms. The predicted octanol–water partition coefficient (Wildman–Crippen LogP) is 2.82. The maximum atomic E-state index is 13.0. The normalized spacial score (nSPS) is 14.0. The Balaban J connectivity index is 2.29. The molecule has 1 N–H and O–H groups in total. The molecule has 0 saturated heterocycles. The van der Waals surface area contributed by atoms with Crippen molar-refractivity contribution in [3.05, 3.63) is 59.7 Å². The lowest BCUT2D eigenvalue weighted by Gasteiger charge is -2.31. The lowest BCUT2D eigenvalue weighted by Crippen LogP contribution is -2.49. The molecule has 0 aliphatic heterocycles. The number of nitrogens with one attached hydrogen (secondary N) is 1. The van der Waals surface area contributed by atoms with Gasteiger partial charge in [-0.3, -0.25) is 9.10 Å². The van der Waals surface area contributed by atoms with Gasteiger partial charge in [-0.2, -0.15) is 0 Å². The monoisotopic (exact) mass is 452 g/mol. The van der Waals surface area contributed by atoms with Gasteiger partial charge in [-0.05, 0) is 55.7 Å². The number of amides is 1. The molecule has 0 aromatic heterocycles. The number of rotatable bonds is 8. The van der Waals surface area contributed by atoms with Gasteiger partial charge in [-0.25, -0.2) is 16.8 Å². The first kappa shape index (κ1) is 23.9. The summed E-state index contributed by atoms with van der Waals surface area (Å²) in [5.74, 6) is -0.427. The van der Waals surface area contributed by atoms with Gasteiger partial charge in [0.25, 0.3) is 0 Å². The quantitative estimate of drug-likeness (QED) is 0.664. The molecular weight excluding hydrogens is 424 g/mol. The van der Waals surface area contributed by atoms with Crippen molar-refractivity contribution in [2.75, 3.05) is 16.8 Å². The van der Waals surface area contributed by atoms with Crippen molar-refractivity contribution in [2.24, 2.45) is 0 Å². The molecular formula is C21H28N2O5S2. The van der Waals surface area contributed by atoms with Crippen molar-refractivity contribution in [2.45, 2.75) is 44.2 Å². The van der Waals surface area contributed by atoms with Crippen LogP contribution in [0.2, 0.25) is 0 Å². The Hall–Kier alpha value is -2.39. The number of sulfone groups is 1. The summed E-state index contributed by atoms with van der Waals surface area (Å²) in [4.78, 5) is 13.2. The Morgan fingerprint density at radius 3 is 2.10 bits per heavy atom. The number of carbonyl (C=O) groups excluding carboxylic acids is 1. The van der Waals surface area contributed by atoms with Crippen LogP contribution in [-0.2, 0) is 24.7 Å². The highest BCUT2D eigenvalue weighted by molar-refractivity contribution is 7.92. The van der Waals surface area contributed by atoms with Crippen LogP contribution in [0.3, 0.4) is 0 Å². The Morgan fingerprint density at radius 1 is 1.03 bits per heavy atom. The summed E-state index contributed by atoms with van der Waals surface area (Å²) in [5.41, 5.74) is 2.03. The second kappa shape index (κ2) is 9.18. The first-order chi connectivity index (χ1) is 13.8. The Labute approximate surface area is 179 Å². The number of hydrogen-bond acceptors (Lipinski definition) is 5. The van der Waals surface area contributed by atoms with E-state index < -0.39 is 37.9 Å². The molecule has 1 amide bonds. The largest absolute Gasteiger partial charge is 0.348 e. The van der Waals surface area contributed by atoms with Gasteiger partial charge >= 0.3 is 0 Å². The fraction of sp³-hybridized carbons (Fsp3) is 0.381. The number of nitrogens with zero attached hydrogens (tertiary/aromatic N) is 1. The van der Waals surface area contributed by atoms with E-state index in [1.54, 1.807) is 44.2 Å². The van der Waals surface area contributed by atoms with Crippen LogP contribution >= 0.6 is 0 Å². The van der Waals surface area contributed by atoms with E-state index in [9.17, 15) is 21.6 Å². The summed E-state index contributed by atoms with van der Waals surface area (Å²) in [6.45, 7) is 5.37. The molecule has 2 aromatic carbocycles. The minimum atomic E-state index is -3.71. The van der Waals surface area contributed by atoms with E-state index in [4.69, 9.17) is 0 Å². The fourth-order valence-electron chi connectivity index (χ4n) is 3.22. The molecule has 0 saturated carbocycles. The highest BCUT2D eigenvalue weighted by atomic mass is 32.2. The minimum absolute atomic E-state index is 0.193. The molecule has 0 unspecified atom stereocenters. The van der Waals surface area contributed by atoms with Crippen molar-refractivity contribution in [1.82, 2.24) is 5.32 Å². The van der Waals surface area contributed by atoms with Crippen LogP contribution in [0.1, 0.15) is 37.4 Å². The summed E-state index contributed by atoms with van der Waals surface area (Å²) < 4.78 is 49.4. The third-order valence-electron chi connectivity index (χ3n) is 4.75. The molecule has 2 rings (SSSR count). The minimum Gasteiger partial charge on any atom is -0.348 e. The number of hydrogen-bond donors (Lipinski definition) is 1. The third-order valence-corrected chi connectivity index (χ3v) is 7.06. The summed E-state index contributed by atoms with van der Waals surface area (Å²) in [6.07, 6.45) is 2.50. The zero-order valence-corrected chi connectivity index (χ0v) is 19.4. The number of sulfonamides is 1. The molecule has 0 aliphatic rings. The number of carbonyl (C=O) groups is 1. The van der Waals surface area contributed by atoms with E-state index in [1.807, 2.05) is 13.0 Å². The van der Waals surface area contributed by atoms with Crippen molar-refractivity contribution < 1.29 is 21.6 Å². The van der Waals surface area contributed by atoms with E-state index in [0.29, 0.717) is 11.3 Å². The number of aryl methyl sites for hydroxylation is 1. The van der Waals surface area contributed by atoms with Gasteiger partial charge in [0.05, 0.1) is 22.9 Å². The van der Waals surface area contributed by atoms with Gasteiger partial charge in [0.1, 0.15) is 6.04 Å². The average molecular weight is 453 g/mol. The lowest BCUT2D eigenvalue weighted by atomic mass is 10.1. The molecule has 164 valence electrons. The standard InChI is InChI=1S/C21H28N2O5S2/c1-6-20(23(30(5,27)28)18-9-7-8-15(2)14-18)21(24)22-16(3)17-10-12-19(13-11-17)29(4,25)26/h7-14,16,20H,6H2,1-5H3,(H,22,24)/t16-,20+/m0/s1. The van der Waals surface area contributed by atoms with Crippen LogP contribution in [0.15, 0.2) is 53.4 Å². The van der Waals surface area contributed by atoms with Gasteiger partial charge in [-0.15, -0.1) is 0 Å². The second-order valence-electron chi connectivity index (χ2n) is 7.39. The van der Waals surface area contributed by atoms with Gasteiger partial charge < -0.3 is 5.32 Å². The summed E-state index contributed by atoms with van der Waals surface area (Å²) in [5, 5.41) is 2.85. The molecule has 0 heterocycles. The molecule has 2 aromatic rings. The molecule has 2 atom stereocenters. The van der Waals surface area contributed by atoms with Gasteiger partial charge in [0.2, 0.25) is 15.9 Å². The number of benzene rings is 2. The molecule has 0 bridgehead atoms. The lowest BCUT2D eigenvalue weighted by molar-refractivity contribution is -0.122. The van der Waals surface area contributed by atoms with E-state index in [2.05, 4.69) is 5.32 Å². The summed E-state index contributed by atoms with van der Waals surface area (Å²) in [7, 11) is -7.02. The van der Waals surface area contributed by atoms with Gasteiger partial charge in [0, 0.05) is 6.26 Å². The highest BCUT2D eigenvalue weighted by Gasteiger charge is 2.32. The third kappa shape index (κ3) is 5.82. The van der Waals surface area contributed by atoms with Crippen molar-refractivity contribution in [3.8, 4) is 0 Å². The highest BCUT2D eigenvalue weighted by Crippen LogP contribution is 2.24. The smallest absolute Gasteiger partial charge is 0.244 e. The van der Waals surface area contributed by atoms with Crippen molar-refractivity contribution in [3.63, 3.8) is 0 Å². The van der Waals surface area contributed by atoms with Crippen LogP contribution < -0.4 is 9.62 Å². The zero-order valence-electron chi connectivity index (χ0n) is 17.8. The maximum Gasteiger partial charge on any atom is 0.244 e. The second-order valence-corrected chi connectivity index (χ2v) is 11.3. The molecule has 0 radical (unpaired) electrons. The number of anilines is 1. The van der Waals surface area contributed by atoms with Gasteiger partial charge in [0.15, 0.2) is 9.84 Å². The molecule has 0 fully saturated rings. The Morgan fingerprint density at radius 2 is 1.63 bits per heavy atom. The Kier molecular flexibility index (Phi) is 7.31. The predicted molar refractivity (Wildman–Crippen MR) is 119 cm³/mol. The Bertz CT molecular complexity index is 1110. The zero-order chi connectivity index (χ0) is 22.7. The topological polar surface area (TPSA) is 101 Å². The van der Waals surface area contributed by atoms with E-state index in [0.717, 1.165) is 22.4 Å². The van der Waals surface area contributed by atoms with Crippen molar-refractivity contribution >= 4 is 31.5 Å². The molecule has 7 nitrogen and oxygen atoms in total. The summed E-state index contributed by atoms with van der Waals surface area (Å²) in [6, 6.07) is 11.9. The van der Waals surface area contributed by atoms with Crippen LogP contribution in [0.4, 0.5) is 5.69 Å². The van der Waals surface area contributed by atoms with Crippen LogP contribution in [-0.4, -0.2) is 41.3 Å². The van der Waals surface area contributed by atoms with E-state index in [-0.39, 0.29) is 11.3 Å². The fourth-order valence-corrected chi connectivity index (χ4v) is 5.06. The van der Waals surface area contributed by atoms with Crippen LogP contribution in [0, 0.1) is 6.92 Å². The average Bonchev–Trinajstić information content (AvgIpc) is 2.64. The molecule has 9 heteroatoms. The molecule has 0 aliphatic carbocycles. The SMILES string of the molecule is CC[C@H](C(=O)N[C@@H](C)c1ccc(S(C)(=O)=O)cc1)N(c1cccc(C)c1)S(C)(=O)=O. The van der Waals surface area contributed by atoms with Crippen LogP contribution in [0.25, 0.3) is 0 Å². The van der Waals surface area contributed by atoms with E-state index in [1.165, 1.54) is 12.1 Å². The van der Waals surface area contributed by atoms with E-state index >= 15 is 0 Å². The first-order valence-corrected chi connectivity index (χ1v) is 13.2. The van der Waals surface area contributed by atoms with Gasteiger partial charge in [-0.1, -0.05) is 31.2 Å². The summed E-state index contributed by atoms with van der Waals surface area (Å²) >= 11 is 0. The first-order valence-electron chi connectivity index (χ1n) is 9.51. The van der Waals surface area contributed by atoms with Crippen molar-refractivity contribution in [1.29, 1.82) is 0 Å². The van der Waals surface area contributed by atoms with Crippen LogP contribution in [0.5, 0.6) is 0 Å². The molecule has 30 heavy (non-hydrogen) atoms.